The first-order chi connectivity index (χ1) is 6.33. The molecule has 0 spiro atoms. The standard InChI is InChI=1S/C11H13NO/c1-3-13-11-10-7-5-4-6-9(10)8(2)12-11/h4-8H,3H2,1-2H3. The molecule has 1 aromatic rings. The van der Waals surface area contributed by atoms with Gasteiger partial charge in [-0.25, -0.2) is 4.99 Å². The van der Waals surface area contributed by atoms with Gasteiger partial charge in [0.2, 0.25) is 5.90 Å². The minimum Gasteiger partial charge on any atom is -0.478 e. The van der Waals surface area contributed by atoms with Gasteiger partial charge < -0.3 is 4.74 Å². The number of benzene rings is 1. The first kappa shape index (κ1) is 8.30. The van der Waals surface area contributed by atoms with Crippen LogP contribution in [0.15, 0.2) is 29.3 Å². The predicted octanol–water partition coefficient (Wildman–Crippen LogP) is 2.54. The molecule has 13 heavy (non-hydrogen) atoms. The molecule has 1 aliphatic rings. The Morgan fingerprint density at radius 1 is 1.38 bits per heavy atom. The molecule has 0 radical (unpaired) electrons. The van der Waals surface area contributed by atoms with Crippen molar-refractivity contribution < 1.29 is 4.74 Å². The molecule has 0 saturated carbocycles. The maximum atomic E-state index is 5.45. The van der Waals surface area contributed by atoms with Crippen LogP contribution in [0.3, 0.4) is 0 Å². The van der Waals surface area contributed by atoms with E-state index >= 15 is 0 Å². The van der Waals surface area contributed by atoms with Crippen molar-refractivity contribution in [2.24, 2.45) is 4.99 Å². The zero-order chi connectivity index (χ0) is 9.26. The molecule has 0 saturated heterocycles. The van der Waals surface area contributed by atoms with Gasteiger partial charge in [-0.15, -0.1) is 0 Å². The van der Waals surface area contributed by atoms with Crippen molar-refractivity contribution in [1.82, 2.24) is 0 Å². The Labute approximate surface area is 78.3 Å². The van der Waals surface area contributed by atoms with E-state index in [0.29, 0.717) is 6.61 Å². The second-order valence-electron chi connectivity index (χ2n) is 3.13. The van der Waals surface area contributed by atoms with Gasteiger partial charge in [-0.1, -0.05) is 18.2 Å². The largest absolute Gasteiger partial charge is 0.478 e. The van der Waals surface area contributed by atoms with Crippen molar-refractivity contribution in [3.05, 3.63) is 35.4 Å². The lowest BCUT2D eigenvalue weighted by molar-refractivity contribution is 0.328. The highest BCUT2D eigenvalue weighted by Crippen LogP contribution is 2.28. The zero-order valence-electron chi connectivity index (χ0n) is 7.95. The summed E-state index contributed by atoms with van der Waals surface area (Å²) in [7, 11) is 0. The van der Waals surface area contributed by atoms with E-state index in [1.165, 1.54) is 5.56 Å². The van der Waals surface area contributed by atoms with Crippen LogP contribution in [-0.2, 0) is 4.74 Å². The molecular formula is C11H13NO. The van der Waals surface area contributed by atoms with Gasteiger partial charge >= 0.3 is 0 Å². The van der Waals surface area contributed by atoms with E-state index in [0.717, 1.165) is 11.5 Å². The summed E-state index contributed by atoms with van der Waals surface area (Å²) in [6.45, 7) is 4.75. The maximum Gasteiger partial charge on any atom is 0.217 e. The number of rotatable bonds is 1. The second kappa shape index (κ2) is 3.21. The van der Waals surface area contributed by atoms with Gasteiger partial charge in [-0.05, 0) is 25.5 Å². The lowest BCUT2D eigenvalue weighted by Crippen LogP contribution is -2.03. The molecule has 2 rings (SSSR count). The molecule has 0 bridgehead atoms. The molecule has 0 N–H and O–H groups in total. The van der Waals surface area contributed by atoms with Crippen molar-refractivity contribution in [1.29, 1.82) is 0 Å². The van der Waals surface area contributed by atoms with Gasteiger partial charge in [0.05, 0.1) is 12.6 Å². The Bertz CT molecular complexity index is 344. The van der Waals surface area contributed by atoms with Gasteiger partial charge in [0, 0.05) is 5.56 Å². The Morgan fingerprint density at radius 2 is 2.15 bits per heavy atom. The fourth-order valence-electron chi connectivity index (χ4n) is 1.62. The highest BCUT2D eigenvalue weighted by atomic mass is 16.5. The van der Waals surface area contributed by atoms with Crippen LogP contribution < -0.4 is 0 Å². The van der Waals surface area contributed by atoms with E-state index in [9.17, 15) is 0 Å². The van der Waals surface area contributed by atoms with E-state index in [4.69, 9.17) is 4.74 Å². The number of ether oxygens (including phenoxy) is 1. The van der Waals surface area contributed by atoms with Gasteiger partial charge in [0.15, 0.2) is 0 Å². The molecule has 1 aromatic carbocycles. The summed E-state index contributed by atoms with van der Waals surface area (Å²) in [6, 6.07) is 8.48. The summed E-state index contributed by atoms with van der Waals surface area (Å²) in [4.78, 5) is 4.44. The van der Waals surface area contributed by atoms with E-state index < -0.39 is 0 Å². The molecule has 1 aliphatic heterocycles. The van der Waals surface area contributed by atoms with Crippen LogP contribution in [0, 0.1) is 0 Å². The first-order valence-corrected chi connectivity index (χ1v) is 4.63. The summed E-state index contributed by atoms with van der Waals surface area (Å²) in [5.74, 6) is 0.797. The predicted molar refractivity (Wildman–Crippen MR) is 53.0 cm³/mol. The van der Waals surface area contributed by atoms with Crippen molar-refractivity contribution in [2.75, 3.05) is 6.61 Å². The van der Waals surface area contributed by atoms with E-state index in [-0.39, 0.29) is 6.04 Å². The quantitative estimate of drug-likeness (QED) is 0.642. The SMILES string of the molecule is CCOC1=NC(C)c2ccccc21. The number of hydrogen-bond acceptors (Lipinski definition) is 2. The fraction of sp³-hybridized carbons (Fsp3) is 0.364. The van der Waals surface area contributed by atoms with Crippen LogP contribution in [0.1, 0.15) is 31.0 Å². The first-order valence-electron chi connectivity index (χ1n) is 4.63. The minimum atomic E-state index is 0.248. The van der Waals surface area contributed by atoms with E-state index in [1.54, 1.807) is 0 Å². The topological polar surface area (TPSA) is 21.6 Å². The van der Waals surface area contributed by atoms with Gasteiger partial charge in [-0.3, -0.25) is 0 Å². The van der Waals surface area contributed by atoms with Gasteiger partial charge in [-0.2, -0.15) is 0 Å². The molecule has 0 amide bonds. The van der Waals surface area contributed by atoms with Crippen LogP contribution in [0.25, 0.3) is 0 Å². The smallest absolute Gasteiger partial charge is 0.217 e. The molecule has 2 nitrogen and oxygen atoms in total. The second-order valence-corrected chi connectivity index (χ2v) is 3.13. The van der Waals surface area contributed by atoms with Crippen molar-refractivity contribution in [2.45, 2.75) is 19.9 Å². The van der Waals surface area contributed by atoms with Crippen LogP contribution in [-0.4, -0.2) is 12.5 Å². The lowest BCUT2D eigenvalue weighted by atomic mass is 10.1. The third-order valence-electron chi connectivity index (χ3n) is 2.23. The molecule has 1 heterocycles. The normalized spacial score (nSPS) is 19.5. The number of nitrogens with zero attached hydrogens (tertiary/aromatic N) is 1. The Hall–Kier alpha value is -1.31. The molecule has 68 valence electrons. The maximum absolute atomic E-state index is 5.45. The summed E-state index contributed by atoms with van der Waals surface area (Å²) >= 11 is 0. The summed E-state index contributed by atoms with van der Waals surface area (Å²) in [5.41, 5.74) is 2.42. The van der Waals surface area contributed by atoms with Crippen LogP contribution >= 0.6 is 0 Å². The monoisotopic (exact) mass is 175 g/mol. The van der Waals surface area contributed by atoms with Crippen LogP contribution in [0.2, 0.25) is 0 Å². The van der Waals surface area contributed by atoms with Crippen molar-refractivity contribution in [3.63, 3.8) is 0 Å². The third kappa shape index (κ3) is 1.32. The molecule has 2 heteroatoms. The number of fused-ring (bicyclic) bond motifs is 1. The molecular weight excluding hydrogens is 162 g/mol. The summed E-state index contributed by atoms with van der Waals surface area (Å²) in [6.07, 6.45) is 0. The average Bonchev–Trinajstić information content (AvgIpc) is 2.46. The number of aliphatic imine (C=N–C) groups is 1. The fourth-order valence-corrected chi connectivity index (χ4v) is 1.62. The molecule has 0 fully saturated rings. The zero-order valence-corrected chi connectivity index (χ0v) is 7.95. The molecule has 1 atom stereocenters. The number of hydrogen-bond donors (Lipinski definition) is 0. The lowest BCUT2D eigenvalue weighted by Gasteiger charge is -2.03. The Morgan fingerprint density at radius 3 is 2.92 bits per heavy atom. The molecule has 1 unspecified atom stereocenters. The van der Waals surface area contributed by atoms with Crippen molar-refractivity contribution >= 4 is 5.90 Å². The van der Waals surface area contributed by atoms with Gasteiger partial charge in [0.25, 0.3) is 0 Å². The molecule has 0 aromatic heterocycles. The summed E-state index contributed by atoms with van der Waals surface area (Å²) in [5, 5.41) is 0. The van der Waals surface area contributed by atoms with Crippen molar-refractivity contribution in [3.8, 4) is 0 Å². The highest BCUT2D eigenvalue weighted by molar-refractivity contribution is 5.98. The highest BCUT2D eigenvalue weighted by Gasteiger charge is 2.21. The average molecular weight is 175 g/mol. The van der Waals surface area contributed by atoms with Crippen LogP contribution in [0.4, 0.5) is 0 Å². The minimum absolute atomic E-state index is 0.248. The Kier molecular flexibility index (Phi) is 2.05. The van der Waals surface area contributed by atoms with Crippen LogP contribution in [0.5, 0.6) is 0 Å². The third-order valence-corrected chi connectivity index (χ3v) is 2.23. The van der Waals surface area contributed by atoms with E-state index in [1.807, 2.05) is 19.1 Å². The molecule has 0 aliphatic carbocycles. The van der Waals surface area contributed by atoms with Gasteiger partial charge in [0.1, 0.15) is 0 Å². The summed E-state index contributed by atoms with van der Waals surface area (Å²) < 4.78 is 5.45. The van der Waals surface area contributed by atoms with E-state index in [2.05, 4.69) is 24.0 Å². The Balaban J connectivity index is 2.39.